The molecule has 0 radical (unpaired) electrons. The summed E-state index contributed by atoms with van der Waals surface area (Å²) in [7, 11) is 3.99. The van der Waals surface area contributed by atoms with Crippen molar-refractivity contribution in [1.29, 1.82) is 0 Å². The molecule has 0 saturated carbocycles. The van der Waals surface area contributed by atoms with Gasteiger partial charge < -0.3 is 15.4 Å². The molecule has 3 nitrogen and oxygen atoms in total. The molecule has 1 heterocycles. The quantitative estimate of drug-likeness (QED) is 0.925. The average Bonchev–Trinajstić information content (AvgIpc) is 2.49. The van der Waals surface area contributed by atoms with E-state index in [0.29, 0.717) is 18.5 Å². The summed E-state index contributed by atoms with van der Waals surface area (Å²) in [6.07, 6.45) is 3.82. The van der Waals surface area contributed by atoms with E-state index in [-0.39, 0.29) is 5.41 Å². The second-order valence-corrected chi connectivity index (χ2v) is 7.59. The fourth-order valence-corrected chi connectivity index (χ4v) is 3.59. The molecule has 0 aliphatic carbocycles. The van der Waals surface area contributed by atoms with Gasteiger partial charge in [-0.1, -0.05) is 39.3 Å². The minimum atomic E-state index is 0.138. The van der Waals surface area contributed by atoms with E-state index in [1.54, 1.807) is 7.11 Å². The number of ether oxygens (including phenoxy) is 1. The zero-order valence-electron chi connectivity index (χ0n) is 14.9. The summed E-state index contributed by atoms with van der Waals surface area (Å²) >= 11 is 0. The Balaban J connectivity index is 2.42. The number of hydrogen-bond acceptors (Lipinski definition) is 3. The Morgan fingerprint density at radius 2 is 2.05 bits per heavy atom. The number of piperidine rings is 1. The number of rotatable bonds is 4. The first kappa shape index (κ1) is 17.3. The van der Waals surface area contributed by atoms with E-state index in [0.717, 1.165) is 5.75 Å². The highest BCUT2D eigenvalue weighted by atomic mass is 16.5. The number of likely N-dealkylation sites (N-methyl/N-ethyl adjacent to an activating group) is 1. The molecule has 0 aromatic heterocycles. The van der Waals surface area contributed by atoms with E-state index < -0.39 is 0 Å². The van der Waals surface area contributed by atoms with Crippen LogP contribution < -0.4 is 10.5 Å². The molecule has 2 N–H and O–H groups in total. The first-order valence-electron chi connectivity index (χ1n) is 8.47. The van der Waals surface area contributed by atoms with Gasteiger partial charge in [0.05, 0.1) is 7.11 Å². The maximum absolute atomic E-state index is 6.20. The molecular formula is C19H32N2O. The van der Waals surface area contributed by atoms with Crippen LogP contribution in [0.3, 0.4) is 0 Å². The number of likely N-dealkylation sites (tertiary alicyclic amines) is 1. The second kappa shape index (κ2) is 7.01. The summed E-state index contributed by atoms with van der Waals surface area (Å²) in [6, 6.07) is 7.13. The average molecular weight is 304 g/mol. The van der Waals surface area contributed by atoms with Crippen LogP contribution >= 0.6 is 0 Å². The fourth-order valence-electron chi connectivity index (χ4n) is 3.59. The van der Waals surface area contributed by atoms with Crippen LogP contribution in [-0.2, 0) is 5.41 Å². The van der Waals surface area contributed by atoms with E-state index in [2.05, 4.69) is 50.9 Å². The predicted molar refractivity (Wildman–Crippen MR) is 93.8 cm³/mol. The molecule has 0 bridgehead atoms. The Labute approximate surface area is 135 Å². The van der Waals surface area contributed by atoms with Crippen molar-refractivity contribution in [3.8, 4) is 5.75 Å². The van der Waals surface area contributed by atoms with Crippen LogP contribution in [0.2, 0.25) is 0 Å². The van der Waals surface area contributed by atoms with Gasteiger partial charge in [0, 0.05) is 24.1 Å². The third-order valence-corrected chi connectivity index (χ3v) is 5.04. The molecule has 1 aromatic carbocycles. The Morgan fingerprint density at radius 3 is 2.59 bits per heavy atom. The van der Waals surface area contributed by atoms with Crippen LogP contribution in [0.4, 0.5) is 0 Å². The SMILES string of the molecule is COc1ccc(C(C)(C)C)cc1C(CN)C1CCCCN1C. The van der Waals surface area contributed by atoms with Gasteiger partial charge in [0.2, 0.25) is 0 Å². The van der Waals surface area contributed by atoms with Gasteiger partial charge in [-0.15, -0.1) is 0 Å². The summed E-state index contributed by atoms with van der Waals surface area (Å²) in [4.78, 5) is 2.48. The highest BCUT2D eigenvalue weighted by Gasteiger charge is 2.30. The van der Waals surface area contributed by atoms with Crippen molar-refractivity contribution in [3.63, 3.8) is 0 Å². The minimum absolute atomic E-state index is 0.138. The van der Waals surface area contributed by atoms with Crippen molar-refractivity contribution in [2.75, 3.05) is 27.2 Å². The van der Waals surface area contributed by atoms with E-state index in [1.165, 1.54) is 36.9 Å². The first-order chi connectivity index (χ1) is 10.4. The van der Waals surface area contributed by atoms with Gasteiger partial charge in [-0.2, -0.15) is 0 Å². The molecule has 124 valence electrons. The molecule has 0 spiro atoms. The molecule has 1 aliphatic heterocycles. The zero-order chi connectivity index (χ0) is 16.3. The lowest BCUT2D eigenvalue weighted by molar-refractivity contribution is 0.159. The Hall–Kier alpha value is -1.06. The molecule has 2 atom stereocenters. The minimum Gasteiger partial charge on any atom is -0.496 e. The van der Waals surface area contributed by atoms with E-state index in [1.807, 2.05) is 0 Å². The molecule has 22 heavy (non-hydrogen) atoms. The smallest absolute Gasteiger partial charge is 0.122 e. The molecule has 1 aliphatic rings. The normalized spacial score (nSPS) is 21.6. The van der Waals surface area contributed by atoms with Gasteiger partial charge in [0.25, 0.3) is 0 Å². The molecule has 3 heteroatoms. The third-order valence-electron chi connectivity index (χ3n) is 5.04. The largest absolute Gasteiger partial charge is 0.496 e. The number of nitrogens with zero attached hydrogens (tertiary/aromatic N) is 1. The Kier molecular flexibility index (Phi) is 5.51. The van der Waals surface area contributed by atoms with Gasteiger partial charge in [-0.3, -0.25) is 0 Å². The van der Waals surface area contributed by atoms with Crippen LogP contribution in [-0.4, -0.2) is 38.2 Å². The summed E-state index contributed by atoms with van der Waals surface area (Å²) < 4.78 is 5.65. The lowest BCUT2D eigenvalue weighted by Crippen LogP contribution is -2.43. The topological polar surface area (TPSA) is 38.5 Å². The summed E-state index contributed by atoms with van der Waals surface area (Å²) in [5, 5.41) is 0. The standard InChI is InChI=1S/C19H32N2O/c1-19(2,3)14-9-10-18(22-5)15(12-14)16(13-20)17-8-6-7-11-21(17)4/h9-10,12,16-17H,6-8,11,13,20H2,1-5H3. The van der Waals surface area contributed by atoms with Crippen LogP contribution in [0, 0.1) is 0 Å². The zero-order valence-corrected chi connectivity index (χ0v) is 14.9. The molecule has 0 amide bonds. The first-order valence-corrected chi connectivity index (χ1v) is 8.47. The van der Waals surface area contributed by atoms with Crippen LogP contribution in [0.1, 0.15) is 57.1 Å². The predicted octanol–water partition coefficient (Wildman–Crippen LogP) is 3.52. The fraction of sp³-hybridized carbons (Fsp3) is 0.684. The van der Waals surface area contributed by atoms with Crippen LogP contribution in [0.25, 0.3) is 0 Å². The molecular weight excluding hydrogens is 272 g/mol. The van der Waals surface area contributed by atoms with Crippen molar-refractivity contribution in [2.45, 2.75) is 57.4 Å². The van der Waals surface area contributed by atoms with Crippen molar-refractivity contribution in [2.24, 2.45) is 5.73 Å². The summed E-state index contributed by atoms with van der Waals surface area (Å²) in [6.45, 7) is 8.59. The van der Waals surface area contributed by atoms with E-state index >= 15 is 0 Å². The van der Waals surface area contributed by atoms with Crippen molar-refractivity contribution < 1.29 is 4.74 Å². The summed E-state index contributed by atoms with van der Waals surface area (Å²) in [5.41, 5.74) is 8.96. The highest BCUT2D eigenvalue weighted by Crippen LogP contribution is 2.36. The second-order valence-electron chi connectivity index (χ2n) is 7.59. The molecule has 2 unspecified atom stereocenters. The van der Waals surface area contributed by atoms with Crippen molar-refractivity contribution >= 4 is 0 Å². The number of methoxy groups -OCH3 is 1. The number of hydrogen-bond donors (Lipinski definition) is 1. The maximum Gasteiger partial charge on any atom is 0.122 e. The van der Waals surface area contributed by atoms with Gasteiger partial charge in [-0.25, -0.2) is 0 Å². The van der Waals surface area contributed by atoms with Gasteiger partial charge in [-0.05, 0) is 43.5 Å². The lowest BCUT2D eigenvalue weighted by Gasteiger charge is -2.38. The Morgan fingerprint density at radius 1 is 1.32 bits per heavy atom. The maximum atomic E-state index is 6.20. The van der Waals surface area contributed by atoms with Crippen LogP contribution in [0.15, 0.2) is 18.2 Å². The van der Waals surface area contributed by atoms with E-state index in [4.69, 9.17) is 10.5 Å². The van der Waals surface area contributed by atoms with Gasteiger partial charge >= 0.3 is 0 Å². The molecule has 2 rings (SSSR count). The van der Waals surface area contributed by atoms with Crippen molar-refractivity contribution in [1.82, 2.24) is 4.90 Å². The van der Waals surface area contributed by atoms with Gasteiger partial charge in [0.15, 0.2) is 0 Å². The van der Waals surface area contributed by atoms with E-state index in [9.17, 15) is 0 Å². The van der Waals surface area contributed by atoms with Crippen molar-refractivity contribution in [3.05, 3.63) is 29.3 Å². The monoisotopic (exact) mass is 304 g/mol. The lowest BCUT2D eigenvalue weighted by atomic mass is 9.80. The molecule has 1 fully saturated rings. The summed E-state index contributed by atoms with van der Waals surface area (Å²) in [5.74, 6) is 1.31. The van der Waals surface area contributed by atoms with Crippen LogP contribution in [0.5, 0.6) is 5.75 Å². The highest BCUT2D eigenvalue weighted by molar-refractivity contribution is 5.43. The third kappa shape index (κ3) is 3.64. The molecule has 1 saturated heterocycles. The number of nitrogens with two attached hydrogens (primary N) is 1. The molecule has 1 aromatic rings. The number of benzene rings is 1. The Bertz CT molecular complexity index is 493. The van der Waals surface area contributed by atoms with Gasteiger partial charge in [0.1, 0.15) is 5.75 Å².